The van der Waals surface area contributed by atoms with E-state index in [9.17, 15) is 5.11 Å². The third-order valence-electron chi connectivity index (χ3n) is 5.50. The number of hydrogen-bond donors (Lipinski definition) is 2. The van der Waals surface area contributed by atoms with Gasteiger partial charge in [0.1, 0.15) is 0 Å². The van der Waals surface area contributed by atoms with Crippen LogP contribution in [0, 0.1) is 11.3 Å². The van der Waals surface area contributed by atoms with Crippen LogP contribution in [0.1, 0.15) is 58.8 Å². The highest BCUT2D eigenvalue weighted by atomic mass is 16.3. The molecule has 112 valence electrons. The summed E-state index contributed by atoms with van der Waals surface area (Å²) in [5.74, 6) is 0.712. The topological polar surface area (TPSA) is 49.5 Å². The lowest BCUT2D eigenvalue weighted by molar-refractivity contribution is -0.133. The molecule has 0 aromatic rings. The molecule has 1 aliphatic carbocycles. The molecule has 3 nitrogen and oxygen atoms in total. The van der Waals surface area contributed by atoms with Gasteiger partial charge < -0.3 is 15.7 Å². The lowest BCUT2D eigenvalue weighted by Crippen LogP contribution is -2.58. The van der Waals surface area contributed by atoms with E-state index in [2.05, 4.69) is 18.7 Å². The maximum absolute atomic E-state index is 11.2. The molecule has 0 aromatic carbocycles. The van der Waals surface area contributed by atoms with Gasteiger partial charge in [-0.2, -0.15) is 0 Å². The van der Waals surface area contributed by atoms with E-state index in [-0.39, 0.29) is 5.41 Å². The van der Waals surface area contributed by atoms with Crippen LogP contribution in [0.25, 0.3) is 0 Å². The lowest BCUT2D eigenvalue weighted by atomic mass is 9.60. The molecule has 3 heteroatoms. The van der Waals surface area contributed by atoms with Gasteiger partial charge in [-0.05, 0) is 31.6 Å². The van der Waals surface area contributed by atoms with Gasteiger partial charge in [0.25, 0.3) is 0 Å². The summed E-state index contributed by atoms with van der Waals surface area (Å²) in [4.78, 5) is 2.51. The van der Waals surface area contributed by atoms with E-state index < -0.39 is 5.60 Å². The zero-order chi connectivity index (χ0) is 13.9. The summed E-state index contributed by atoms with van der Waals surface area (Å²) >= 11 is 0. The van der Waals surface area contributed by atoms with E-state index in [1.165, 1.54) is 19.3 Å². The third kappa shape index (κ3) is 3.14. The van der Waals surface area contributed by atoms with Gasteiger partial charge in [0.05, 0.1) is 5.60 Å². The van der Waals surface area contributed by atoms with Crippen LogP contribution >= 0.6 is 0 Å². The second kappa shape index (κ2) is 6.11. The van der Waals surface area contributed by atoms with Crippen molar-refractivity contribution in [3.63, 3.8) is 0 Å². The van der Waals surface area contributed by atoms with Crippen LogP contribution in [0.15, 0.2) is 0 Å². The predicted octanol–water partition coefficient (Wildman–Crippen LogP) is 2.38. The van der Waals surface area contributed by atoms with Crippen LogP contribution in [0.5, 0.6) is 0 Å². The van der Waals surface area contributed by atoms with Gasteiger partial charge in [-0.1, -0.05) is 33.1 Å². The molecular weight excluding hydrogens is 236 g/mol. The Balaban J connectivity index is 1.99. The van der Waals surface area contributed by atoms with E-state index in [4.69, 9.17) is 5.73 Å². The summed E-state index contributed by atoms with van der Waals surface area (Å²) in [7, 11) is 0. The molecule has 3 N–H and O–H groups in total. The fourth-order valence-corrected chi connectivity index (χ4v) is 4.24. The fourth-order valence-electron chi connectivity index (χ4n) is 4.24. The van der Waals surface area contributed by atoms with E-state index in [0.717, 1.165) is 45.3 Å². The first-order chi connectivity index (χ1) is 9.01. The first-order valence-corrected chi connectivity index (χ1v) is 8.16. The van der Waals surface area contributed by atoms with Gasteiger partial charge in [-0.25, -0.2) is 0 Å². The zero-order valence-corrected chi connectivity index (χ0v) is 12.8. The number of likely N-dealkylation sites (tertiary alicyclic amines) is 1. The van der Waals surface area contributed by atoms with Crippen molar-refractivity contribution >= 4 is 0 Å². The molecule has 0 bridgehead atoms. The van der Waals surface area contributed by atoms with Gasteiger partial charge >= 0.3 is 0 Å². The number of nitrogens with two attached hydrogens (primary N) is 1. The van der Waals surface area contributed by atoms with Crippen molar-refractivity contribution in [1.29, 1.82) is 0 Å². The van der Waals surface area contributed by atoms with Gasteiger partial charge in [-0.15, -0.1) is 0 Å². The molecule has 1 saturated heterocycles. The van der Waals surface area contributed by atoms with E-state index in [1.54, 1.807) is 0 Å². The Morgan fingerprint density at radius 3 is 2.11 bits per heavy atom. The minimum atomic E-state index is -0.504. The van der Waals surface area contributed by atoms with Crippen molar-refractivity contribution in [3.05, 3.63) is 0 Å². The molecule has 0 radical (unpaired) electrons. The molecule has 0 unspecified atom stereocenters. The Morgan fingerprint density at radius 2 is 1.63 bits per heavy atom. The smallest absolute Gasteiger partial charge is 0.0740 e. The SMILES string of the molecule is CC(C)CN1CCC(O)(C2(CN)CCCCC2)CC1. The van der Waals surface area contributed by atoms with Crippen LogP contribution < -0.4 is 5.73 Å². The number of piperidine rings is 1. The average molecular weight is 268 g/mol. The van der Waals surface area contributed by atoms with Crippen molar-refractivity contribution in [3.8, 4) is 0 Å². The summed E-state index contributed by atoms with van der Waals surface area (Å²) in [6.07, 6.45) is 7.89. The zero-order valence-electron chi connectivity index (χ0n) is 12.8. The van der Waals surface area contributed by atoms with Crippen LogP contribution in [0.2, 0.25) is 0 Å². The molecule has 0 spiro atoms. The molecule has 0 amide bonds. The monoisotopic (exact) mass is 268 g/mol. The summed E-state index contributed by atoms with van der Waals surface area (Å²) in [6.45, 7) is 8.43. The third-order valence-corrected chi connectivity index (χ3v) is 5.50. The van der Waals surface area contributed by atoms with Gasteiger partial charge in [0.2, 0.25) is 0 Å². The molecular formula is C16H32N2O. The molecule has 0 atom stereocenters. The van der Waals surface area contributed by atoms with Gasteiger partial charge in [0, 0.05) is 31.6 Å². The van der Waals surface area contributed by atoms with Crippen molar-refractivity contribution in [2.75, 3.05) is 26.2 Å². The average Bonchev–Trinajstić information content (AvgIpc) is 2.42. The summed E-state index contributed by atoms with van der Waals surface area (Å²) in [6, 6.07) is 0. The Hall–Kier alpha value is -0.120. The molecule has 2 rings (SSSR count). The van der Waals surface area contributed by atoms with Crippen molar-refractivity contribution < 1.29 is 5.11 Å². The lowest BCUT2D eigenvalue weighted by Gasteiger charge is -2.52. The quantitative estimate of drug-likeness (QED) is 0.823. The highest BCUT2D eigenvalue weighted by molar-refractivity contribution is 5.03. The number of hydrogen-bond acceptors (Lipinski definition) is 3. The maximum atomic E-state index is 11.2. The molecule has 1 saturated carbocycles. The van der Waals surface area contributed by atoms with Crippen LogP contribution in [-0.4, -0.2) is 41.8 Å². The van der Waals surface area contributed by atoms with Crippen LogP contribution in [-0.2, 0) is 0 Å². The van der Waals surface area contributed by atoms with Crippen molar-refractivity contribution in [1.82, 2.24) is 4.90 Å². The van der Waals surface area contributed by atoms with Gasteiger partial charge in [0.15, 0.2) is 0 Å². The second-order valence-electron chi connectivity index (χ2n) is 7.27. The normalized spacial score (nSPS) is 27.6. The molecule has 19 heavy (non-hydrogen) atoms. The molecule has 1 aliphatic heterocycles. The Kier molecular flexibility index (Phi) is 4.91. The molecule has 2 fully saturated rings. The van der Waals surface area contributed by atoms with Crippen LogP contribution in [0.3, 0.4) is 0 Å². The minimum absolute atomic E-state index is 0.00910. The predicted molar refractivity (Wildman–Crippen MR) is 80.0 cm³/mol. The highest BCUT2D eigenvalue weighted by Crippen LogP contribution is 2.48. The minimum Gasteiger partial charge on any atom is -0.389 e. The maximum Gasteiger partial charge on any atom is 0.0740 e. The number of rotatable bonds is 4. The van der Waals surface area contributed by atoms with E-state index in [0.29, 0.717) is 12.5 Å². The second-order valence-corrected chi connectivity index (χ2v) is 7.27. The molecule has 2 aliphatic rings. The van der Waals surface area contributed by atoms with Gasteiger partial charge in [-0.3, -0.25) is 0 Å². The first kappa shape index (κ1) is 15.3. The van der Waals surface area contributed by atoms with E-state index >= 15 is 0 Å². The summed E-state index contributed by atoms with van der Waals surface area (Å²) < 4.78 is 0. The highest BCUT2D eigenvalue weighted by Gasteiger charge is 2.50. The van der Waals surface area contributed by atoms with Crippen molar-refractivity contribution in [2.45, 2.75) is 64.4 Å². The molecule has 1 heterocycles. The number of aliphatic hydroxyl groups is 1. The Labute approximate surface area is 118 Å². The fraction of sp³-hybridized carbons (Fsp3) is 1.00. The Bertz CT molecular complexity index is 276. The largest absolute Gasteiger partial charge is 0.389 e. The molecule has 0 aromatic heterocycles. The standard InChI is InChI=1S/C16H32N2O/c1-14(2)12-18-10-8-16(19,9-11-18)15(13-17)6-4-3-5-7-15/h14,19H,3-13,17H2,1-2H3. The summed E-state index contributed by atoms with van der Waals surface area (Å²) in [5, 5.41) is 11.2. The number of nitrogens with zero attached hydrogens (tertiary/aromatic N) is 1. The summed E-state index contributed by atoms with van der Waals surface area (Å²) in [5.41, 5.74) is 5.60. The Morgan fingerprint density at radius 1 is 1.05 bits per heavy atom. The first-order valence-electron chi connectivity index (χ1n) is 8.16. The van der Waals surface area contributed by atoms with Crippen molar-refractivity contribution in [2.24, 2.45) is 17.1 Å². The van der Waals surface area contributed by atoms with E-state index in [1.807, 2.05) is 0 Å². The van der Waals surface area contributed by atoms with Crippen LogP contribution in [0.4, 0.5) is 0 Å².